The molecule has 0 atom stereocenters. The van der Waals surface area contributed by atoms with E-state index in [1.807, 2.05) is 0 Å². The molecule has 140 valence electrons. The van der Waals surface area contributed by atoms with Gasteiger partial charge in [0.2, 0.25) is 10.0 Å². The van der Waals surface area contributed by atoms with E-state index in [1.165, 1.54) is 45.5 Å². The topological polar surface area (TPSA) is 75.7 Å². The Morgan fingerprint density at radius 3 is 2.35 bits per heavy atom. The third-order valence-electron chi connectivity index (χ3n) is 4.09. The monoisotopic (exact) mass is 380 g/mol. The molecule has 0 saturated carbocycles. The predicted molar refractivity (Wildman–Crippen MR) is 97.7 cm³/mol. The second kappa shape index (κ2) is 7.43. The molecule has 2 rings (SSSR count). The third kappa shape index (κ3) is 3.86. The van der Waals surface area contributed by atoms with E-state index < -0.39 is 21.7 Å². The Morgan fingerprint density at radius 1 is 1.15 bits per heavy atom. The number of rotatable bonds is 5. The van der Waals surface area contributed by atoms with Crippen LogP contribution in [0.4, 0.5) is 10.1 Å². The number of anilines is 1. The summed E-state index contributed by atoms with van der Waals surface area (Å²) in [5.74, 6) is -1.11. The Bertz CT molecular complexity index is 956. The van der Waals surface area contributed by atoms with Crippen LogP contribution in [-0.2, 0) is 10.0 Å². The standard InChI is InChI=1S/C18H21FN2O4S/c1-11-8-14(26(23,24)21(3)4)10-17(12(11)2)20-18(22)15-7-6-13(25-5)9-16(15)19/h6-10H,1-5H3,(H,20,22). The fourth-order valence-corrected chi connectivity index (χ4v) is 3.33. The summed E-state index contributed by atoms with van der Waals surface area (Å²) in [6.07, 6.45) is 0. The van der Waals surface area contributed by atoms with Gasteiger partial charge in [-0.3, -0.25) is 4.79 Å². The Morgan fingerprint density at radius 2 is 1.81 bits per heavy atom. The van der Waals surface area contributed by atoms with Gasteiger partial charge in [-0.2, -0.15) is 0 Å². The molecule has 0 heterocycles. The normalized spacial score (nSPS) is 11.5. The van der Waals surface area contributed by atoms with E-state index in [1.54, 1.807) is 13.8 Å². The maximum absolute atomic E-state index is 14.1. The number of hydrogen-bond donors (Lipinski definition) is 1. The van der Waals surface area contributed by atoms with Gasteiger partial charge in [0.05, 0.1) is 17.6 Å². The largest absolute Gasteiger partial charge is 0.497 e. The smallest absolute Gasteiger partial charge is 0.258 e. The summed E-state index contributed by atoms with van der Waals surface area (Å²) >= 11 is 0. The van der Waals surface area contributed by atoms with Crippen LogP contribution in [0.25, 0.3) is 0 Å². The van der Waals surface area contributed by atoms with Crippen LogP contribution in [-0.4, -0.2) is 39.8 Å². The van der Waals surface area contributed by atoms with E-state index in [-0.39, 0.29) is 10.5 Å². The Kier molecular flexibility index (Phi) is 5.68. The van der Waals surface area contributed by atoms with Crippen LogP contribution >= 0.6 is 0 Å². The summed E-state index contributed by atoms with van der Waals surface area (Å²) in [6.45, 7) is 3.50. The molecule has 1 N–H and O–H groups in total. The van der Waals surface area contributed by atoms with Gasteiger partial charge in [-0.15, -0.1) is 0 Å². The van der Waals surface area contributed by atoms with Gasteiger partial charge in [-0.05, 0) is 49.2 Å². The molecule has 0 aromatic heterocycles. The van der Waals surface area contributed by atoms with Crippen molar-refractivity contribution in [3.8, 4) is 5.75 Å². The molecule has 26 heavy (non-hydrogen) atoms. The van der Waals surface area contributed by atoms with Gasteiger partial charge in [0.1, 0.15) is 11.6 Å². The summed E-state index contributed by atoms with van der Waals surface area (Å²) in [5.41, 5.74) is 1.54. The average Bonchev–Trinajstić information content (AvgIpc) is 2.58. The number of aryl methyl sites for hydroxylation is 1. The number of halogens is 1. The maximum atomic E-state index is 14.1. The van der Waals surface area contributed by atoms with Crippen LogP contribution in [0.5, 0.6) is 5.75 Å². The fourth-order valence-electron chi connectivity index (χ4n) is 2.31. The molecule has 0 unspecified atom stereocenters. The SMILES string of the molecule is COc1ccc(C(=O)Nc2cc(S(=O)(=O)N(C)C)cc(C)c2C)c(F)c1. The average molecular weight is 380 g/mol. The minimum Gasteiger partial charge on any atom is -0.497 e. The van der Waals surface area contributed by atoms with Gasteiger partial charge in [0, 0.05) is 25.8 Å². The van der Waals surface area contributed by atoms with Crippen molar-refractivity contribution in [3.63, 3.8) is 0 Å². The number of nitrogens with one attached hydrogen (secondary N) is 1. The lowest BCUT2D eigenvalue weighted by Gasteiger charge is -2.16. The quantitative estimate of drug-likeness (QED) is 0.865. The van der Waals surface area contributed by atoms with E-state index in [9.17, 15) is 17.6 Å². The predicted octanol–water partition coefficient (Wildman–Crippen LogP) is 2.95. The molecule has 0 aliphatic rings. The third-order valence-corrected chi connectivity index (χ3v) is 5.88. The lowest BCUT2D eigenvalue weighted by atomic mass is 10.1. The Balaban J connectivity index is 2.43. The number of ether oxygens (including phenoxy) is 1. The van der Waals surface area contributed by atoms with Crippen LogP contribution in [0, 0.1) is 19.7 Å². The molecule has 0 fully saturated rings. The molecular weight excluding hydrogens is 359 g/mol. The van der Waals surface area contributed by atoms with Crippen molar-refractivity contribution in [1.82, 2.24) is 4.31 Å². The van der Waals surface area contributed by atoms with Gasteiger partial charge < -0.3 is 10.1 Å². The highest BCUT2D eigenvalue weighted by molar-refractivity contribution is 7.89. The number of amides is 1. The van der Waals surface area contributed by atoms with E-state index in [0.717, 1.165) is 10.4 Å². The molecule has 0 saturated heterocycles. The molecule has 0 spiro atoms. The summed E-state index contributed by atoms with van der Waals surface area (Å²) in [7, 11) is 0.588. The molecule has 8 heteroatoms. The molecule has 2 aromatic carbocycles. The van der Waals surface area contributed by atoms with Gasteiger partial charge >= 0.3 is 0 Å². The second-order valence-electron chi connectivity index (χ2n) is 6.00. The lowest BCUT2D eigenvalue weighted by Crippen LogP contribution is -2.23. The molecule has 0 aliphatic carbocycles. The van der Waals surface area contributed by atoms with Crippen molar-refractivity contribution in [3.05, 3.63) is 52.8 Å². The van der Waals surface area contributed by atoms with Gasteiger partial charge in [0.15, 0.2) is 0 Å². The molecule has 0 radical (unpaired) electrons. The minimum atomic E-state index is -3.66. The molecule has 2 aromatic rings. The summed E-state index contributed by atoms with van der Waals surface area (Å²) in [4.78, 5) is 12.5. The van der Waals surface area contributed by atoms with Crippen molar-refractivity contribution in [2.75, 3.05) is 26.5 Å². The Labute approximate surface area is 152 Å². The fraction of sp³-hybridized carbons (Fsp3) is 0.278. The number of hydrogen-bond acceptors (Lipinski definition) is 4. The lowest BCUT2D eigenvalue weighted by molar-refractivity contribution is 0.102. The van der Waals surface area contributed by atoms with Crippen LogP contribution in [0.1, 0.15) is 21.5 Å². The first-order chi connectivity index (χ1) is 12.1. The first-order valence-electron chi connectivity index (χ1n) is 7.76. The molecule has 0 aliphatic heterocycles. The summed E-state index contributed by atoms with van der Waals surface area (Å²) in [5, 5.41) is 2.59. The number of carbonyl (C=O) groups is 1. The van der Waals surface area contributed by atoms with E-state index in [2.05, 4.69) is 5.32 Å². The number of sulfonamides is 1. The zero-order valence-corrected chi connectivity index (χ0v) is 16.1. The number of benzene rings is 2. The molecular formula is C18H21FN2O4S. The molecule has 1 amide bonds. The highest BCUT2D eigenvalue weighted by Crippen LogP contribution is 2.26. The maximum Gasteiger partial charge on any atom is 0.258 e. The summed E-state index contributed by atoms with van der Waals surface area (Å²) < 4.78 is 44.8. The summed E-state index contributed by atoms with van der Waals surface area (Å²) in [6, 6.07) is 6.81. The number of carbonyl (C=O) groups excluding carboxylic acids is 1. The van der Waals surface area contributed by atoms with Crippen LogP contribution in [0.15, 0.2) is 35.2 Å². The first kappa shape index (κ1) is 19.9. The molecule has 0 bridgehead atoms. The number of methoxy groups -OCH3 is 1. The zero-order valence-electron chi connectivity index (χ0n) is 15.3. The first-order valence-corrected chi connectivity index (χ1v) is 9.20. The van der Waals surface area contributed by atoms with Gasteiger partial charge in [-0.25, -0.2) is 17.1 Å². The van der Waals surface area contributed by atoms with Gasteiger partial charge in [-0.1, -0.05) is 0 Å². The highest BCUT2D eigenvalue weighted by Gasteiger charge is 2.21. The van der Waals surface area contributed by atoms with E-state index in [0.29, 0.717) is 22.6 Å². The van der Waals surface area contributed by atoms with Crippen molar-refractivity contribution >= 4 is 21.6 Å². The van der Waals surface area contributed by atoms with E-state index in [4.69, 9.17) is 4.74 Å². The van der Waals surface area contributed by atoms with Crippen molar-refractivity contribution in [1.29, 1.82) is 0 Å². The minimum absolute atomic E-state index is 0.0519. The van der Waals surface area contributed by atoms with Gasteiger partial charge in [0.25, 0.3) is 5.91 Å². The zero-order chi connectivity index (χ0) is 19.6. The molecule has 6 nitrogen and oxygen atoms in total. The van der Waals surface area contributed by atoms with Crippen LogP contribution in [0.2, 0.25) is 0 Å². The van der Waals surface area contributed by atoms with Crippen LogP contribution < -0.4 is 10.1 Å². The van der Waals surface area contributed by atoms with Crippen molar-refractivity contribution < 1.29 is 22.3 Å². The van der Waals surface area contributed by atoms with Crippen LogP contribution in [0.3, 0.4) is 0 Å². The number of nitrogens with zero attached hydrogens (tertiary/aromatic N) is 1. The second-order valence-corrected chi connectivity index (χ2v) is 8.15. The van der Waals surface area contributed by atoms with Crippen molar-refractivity contribution in [2.45, 2.75) is 18.7 Å². The highest BCUT2D eigenvalue weighted by atomic mass is 32.2. The van der Waals surface area contributed by atoms with E-state index >= 15 is 0 Å². The van der Waals surface area contributed by atoms with Crippen molar-refractivity contribution in [2.24, 2.45) is 0 Å². The Hall–Kier alpha value is -2.45.